The molecule has 1 fully saturated rings. The first-order valence-electron chi connectivity index (χ1n) is 9.54. The van der Waals surface area contributed by atoms with Crippen LogP contribution in [0, 0.1) is 0 Å². The van der Waals surface area contributed by atoms with E-state index in [4.69, 9.17) is 4.52 Å². The van der Waals surface area contributed by atoms with Gasteiger partial charge in [-0.25, -0.2) is 0 Å². The van der Waals surface area contributed by atoms with E-state index in [2.05, 4.69) is 20.3 Å². The minimum atomic E-state index is 0.0448. The Morgan fingerprint density at radius 2 is 1.96 bits per heavy atom. The van der Waals surface area contributed by atoms with Gasteiger partial charge in [0.1, 0.15) is 0 Å². The molecule has 0 bridgehead atoms. The van der Waals surface area contributed by atoms with Gasteiger partial charge in [0.25, 0.3) is 5.91 Å². The van der Waals surface area contributed by atoms with Crippen molar-refractivity contribution in [2.75, 3.05) is 13.1 Å². The Balaban J connectivity index is 1.25. The topological polar surface area (TPSA) is 87.9 Å². The van der Waals surface area contributed by atoms with E-state index in [-0.39, 0.29) is 11.8 Å². The number of rotatable bonds is 3. The Hall–Kier alpha value is -2.96. The number of H-pyrrole nitrogens is 1. The molecule has 1 aliphatic heterocycles. The Kier molecular flexibility index (Phi) is 3.99. The number of aromatic amines is 1. The third-order valence-corrected chi connectivity index (χ3v) is 5.61. The van der Waals surface area contributed by atoms with Gasteiger partial charge in [-0.3, -0.25) is 9.89 Å². The normalized spacial score (nSPS) is 17.3. The largest absolute Gasteiger partial charge is 0.339 e. The highest BCUT2D eigenvalue weighted by atomic mass is 16.5. The number of aromatic nitrogens is 4. The van der Waals surface area contributed by atoms with Crippen molar-refractivity contribution in [3.63, 3.8) is 0 Å². The molecule has 3 aromatic rings. The molecule has 1 aromatic carbocycles. The van der Waals surface area contributed by atoms with Crippen LogP contribution in [0.4, 0.5) is 0 Å². The SMILES string of the molecule is O=C(c1n[nH]c2c1CCC2)N1CCC(c2nc(-c3ccccc3)no2)CC1. The van der Waals surface area contributed by atoms with Crippen LogP contribution in [0.1, 0.15) is 52.8 Å². The Labute approximate surface area is 156 Å². The average Bonchev–Trinajstić information content (AvgIpc) is 3.45. The maximum Gasteiger partial charge on any atom is 0.274 e. The fourth-order valence-electron chi connectivity index (χ4n) is 4.08. The van der Waals surface area contributed by atoms with Crippen LogP contribution in [-0.2, 0) is 12.8 Å². The number of amides is 1. The predicted molar refractivity (Wildman–Crippen MR) is 98.2 cm³/mol. The molecule has 3 heterocycles. The van der Waals surface area contributed by atoms with E-state index in [0.29, 0.717) is 30.5 Å². The molecule has 1 aliphatic carbocycles. The monoisotopic (exact) mass is 363 g/mol. The number of nitrogens with one attached hydrogen (secondary N) is 1. The smallest absolute Gasteiger partial charge is 0.274 e. The number of likely N-dealkylation sites (tertiary alicyclic amines) is 1. The lowest BCUT2D eigenvalue weighted by atomic mass is 9.96. The summed E-state index contributed by atoms with van der Waals surface area (Å²) >= 11 is 0. The summed E-state index contributed by atoms with van der Waals surface area (Å²) in [6.45, 7) is 1.38. The van der Waals surface area contributed by atoms with Crippen molar-refractivity contribution >= 4 is 5.91 Å². The molecule has 2 aromatic heterocycles. The van der Waals surface area contributed by atoms with Crippen molar-refractivity contribution in [1.82, 2.24) is 25.2 Å². The molecule has 27 heavy (non-hydrogen) atoms. The second-order valence-corrected chi connectivity index (χ2v) is 7.27. The fraction of sp³-hybridized carbons (Fsp3) is 0.400. The molecule has 0 spiro atoms. The third-order valence-electron chi connectivity index (χ3n) is 5.61. The van der Waals surface area contributed by atoms with E-state index in [1.54, 1.807) is 0 Å². The number of fused-ring (bicyclic) bond motifs is 1. The first-order valence-corrected chi connectivity index (χ1v) is 9.54. The number of carbonyl (C=O) groups is 1. The minimum Gasteiger partial charge on any atom is -0.339 e. The zero-order valence-corrected chi connectivity index (χ0v) is 15.0. The predicted octanol–water partition coefficient (Wildman–Crippen LogP) is 2.97. The fourth-order valence-corrected chi connectivity index (χ4v) is 4.08. The number of hydrogen-bond donors (Lipinski definition) is 1. The maximum atomic E-state index is 12.8. The van der Waals surface area contributed by atoms with E-state index in [9.17, 15) is 4.79 Å². The van der Waals surface area contributed by atoms with Gasteiger partial charge in [0.05, 0.1) is 0 Å². The summed E-state index contributed by atoms with van der Waals surface area (Å²) in [7, 11) is 0. The summed E-state index contributed by atoms with van der Waals surface area (Å²) in [6, 6.07) is 9.82. The lowest BCUT2D eigenvalue weighted by Gasteiger charge is -2.30. The van der Waals surface area contributed by atoms with Crippen LogP contribution in [0.2, 0.25) is 0 Å². The Morgan fingerprint density at radius 3 is 2.78 bits per heavy atom. The molecule has 1 saturated heterocycles. The van der Waals surface area contributed by atoms with Crippen molar-refractivity contribution in [2.24, 2.45) is 0 Å². The molecular formula is C20H21N5O2. The molecular weight excluding hydrogens is 342 g/mol. The van der Waals surface area contributed by atoms with Crippen LogP contribution < -0.4 is 0 Å². The van der Waals surface area contributed by atoms with Crippen LogP contribution in [0.15, 0.2) is 34.9 Å². The molecule has 0 atom stereocenters. The first kappa shape index (κ1) is 16.2. The molecule has 1 N–H and O–H groups in total. The molecule has 7 heteroatoms. The van der Waals surface area contributed by atoms with Crippen LogP contribution in [0.3, 0.4) is 0 Å². The molecule has 0 radical (unpaired) electrons. The molecule has 2 aliphatic rings. The highest BCUT2D eigenvalue weighted by molar-refractivity contribution is 5.94. The van der Waals surface area contributed by atoms with E-state index >= 15 is 0 Å². The number of benzene rings is 1. The van der Waals surface area contributed by atoms with E-state index in [1.165, 1.54) is 0 Å². The highest BCUT2D eigenvalue weighted by Gasteiger charge is 2.31. The first-order chi connectivity index (χ1) is 13.3. The van der Waals surface area contributed by atoms with Gasteiger partial charge in [0.15, 0.2) is 5.69 Å². The van der Waals surface area contributed by atoms with E-state index in [0.717, 1.165) is 48.9 Å². The van der Waals surface area contributed by atoms with Crippen molar-refractivity contribution in [3.8, 4) is 11.4 Å². The number of piperidine rings is 1. The van der Waals surface area contributed by atoms with Gasteiger partial charge < -0.3 is 9.42 Å². The van der Waals surface area contributed by atoms with Crippen LogP contribution in [0.5, 0.6) is 0 Å². The number of hydrogen-bond acceptors (Lipinski definition) is 5. The zero-order chi connectivity index (χ0) is 18.2. The van der Waals surface area contributed by atoms with Gasteiger partial charge >= 0.3 is 0 Å². The number of aryl methyl sites for hydroxylation is 1. The lowest BCUT2D eigenvalue weighted by molar-refractivity contribution is 0.0697. The summed E-state index contributed by atoms with van der Waals surface area (Å²) in [5.41, 5.74) is 3.82. The molecule has 138 valence electrons. The van der Waals surface area contributed by atoms with Crippen LogP contribution >= 0.6 is 0 Å². The maximum absolute atomic E-state index is 12.8. The summed E-state index contributed by atoms with van der Waals surface area (Å²) in [4.78, 5) is 19.3. The van der Waals surface area contributed by atoms with Crippen molar-refractivity contribution in [1.29, 1.82) is 0 Å². The van der Waals surface area contributed by atoms with Gasteiger partial charge in [-0.05, 0) is 32.1 Å². The van der Waals surface area contributed by atoms with Gasteiger partial charge in [-0.1, -0.05) is 35.5 Å². The second kappa shape index (κ2) is 6.64. The number of nitrogens with zero attached hydrogens (tertiary/aromatic N) is 4. The summed E-state index contributed by atoms with van der Waals surface area (Å²) in [5, 5.41) is 11.4. The van der Waals surface area contributed by atoms with Gasteiger partial charge in [0.2, 0.25) is 11.7 Å². The lowest BCUT2D eigenvalue weighted by Crippen LogP contribution is -2.38. The second-order valence-electron chi connectivity index (χ2n) is 7.27. The van der Waals surface area contributed by atoms with Crippen molar-refractivity contribution in [2.45, 2.75) is 38.0 Å². The standard InChI is InChI=1S/C20H21N5O2/c26-20(17-15-7-4-8-16(15)22-23-17)25-11-9-14(10-12-25)19-21-18(24-27-19)13-5-2-1-3-6-13/h1-3,5-6,14H,4,7-12H2,(H,22,23). The van der Waals surface area contributed by atoms with Gasteiger partial charge in [-0.15, -0.1) is 0 Å². The number of carbonyl (C=O) groups excluding carboxylic acids is 1. The van der Waals surface area contributed by atoms with Crippen LogP contribution in [-0.4, -0.2) is 44.2 Å². The quantitative estimate of drug-likeness (QED) is 0.773. The van der Waals surface area contributed by atoms with E-state index in [1.807, 2.05) is 35.2 Å². The summed E-state index contributed by atoms with van der Waals surface area (Å²) in [6.07, 6.45) is 4.71. The average molecular weight is 363 g/mol. The zero-order valence-electron chi connectivity index (χ0n) is 15.0. The van der Waals surface area contributed by atoms with Gasteiger partial charge in [-0.2, -0.15) is 10.1 Å². The van der Waals surface area contributed by atoms with Crippen molar-refractivity contribution in [3.05, 3.63) is 53.2 Å². The van der Waals surface area contributed by atoms with Crippen LogP contribution in [0.25, 0.3) is 11.4 Å². The summed E-state index contributed by atoms with van der Waals surface area (Å²) in [5.74, 6) is 1.53. The molecule has 0 saturated carbocycles. The third kappa shape index (κ3) is 2.93. The highest BCUT2D eigenvalue weighted by Crippen LogP contribution is 2.30. The molecule has 7 nitrogen and oxygen atoms in total. The molecule has 0 unspecified atom stereocenters. The van der Waals surface area contributed by atoms with Crippen molar-refractivity contribution < 1.29 is 9.32 Å². The molecule has 1 amide bonds. The van der Waals surface area contributed by atoms with E-state index < -0.39 is 0 Å². The molecule has 5 rings (SSSR count). The Morgan fingerprint density at radius 1 is 1.15 bits per heavy atom. The summed E-state index contributed by atoms with van der Waals surface area (Å²) < 4.78 is 5.51. The Bertz CT molecular complexity index is 954. The van der Waals surface area contributed by atoms with Gasteiger partial charge in [0, 0.05) is 35.8 Å². The minimum absolute atomic E-state index is 0.0448.